The van der Waals surface area contributed by atoms with Crippen molar-refractivity contribution in [1.82, 2.24) is 42.2 Å². The second-order valence-corrected chi connectivity index (χ2v) is 17.5. The number of ether oxygens (including phenoxy) is 2. The maximum Gasteiger partial charge on any atom is 0.408 e. The lowest BCUT2D eigenvalue weighted by atomic mass is 10.0. The minimum absolute atomic E-state index is 0.0000303. The van der Waals surface area contributed by atoms with E-state index in [9.17, 15) is 43.5 Å². The van der Waals surface area contributed by atoms with E-state index in [-0.39, 0.29) is 30.9 Å². The average molecular weight is 972 g/mol. The highest BCUT2D eigenvalue weighted by Gasteiger charge is 2.33. The van der Waals surface area contributed by atoms with Gasteiger partial charge in [-0.1, -0.05) is 80.4 Å². The molecule has 0 aliphatic carbocycles. The van der Waals surface area contributed by atoms with Crippen LogP contribution in [-0.4, -0.2) is 112 Å². The van der Waals surface area contributed by atoms with Crippen molar-refractivity contribution in [2.24, 2.45) is 5.73 Å². The van der Waals surface area contributed by atoms with Gasteiger partial charge >= 0.3 is 12.1 Å². The monoisotopic (exact) mass is 971 g/mol. The minimum Gasteiger partial charge on any atom is -0.481 e. The largest absolute Gasteiger partial charge is 0.481 e. The van der Waals surface area contributed by atoms with E-state index in [1.165, 1.54) is 0 Å². The number of para-hydroxylation sites is 1. The number of primary amides is 1. The van der Waals surface area contributed by atoms with Crippen LogP contribution in [-0.2, 0) is 57.6 Å². The summed E-state index contributed by atoms with van der Waals surface area (Å²) in [5.74, 6) is -6.12. The number of hydrogen-bond donors (Lipinski definition) is 10. The zero-order valence-electron chi connectivity index (χ0n) is 39.1. The maximum atomic E-state index is 14.3. The molecule has 0 radical (unpaired) electrons. The first-order valence-corrected chi connectivity index (χ1v) is 22.7. The highest BCUT2D eigenvalue weighted by molar-refractivity contribution is 7.80. The molecule has 0 unspecified atom stereocenters. The van der Waals surface area contributed by atoms with Gasteiger partial charge in [0.2, 0.25) is 35.4 Å². The second-order valence-electron chi connectivity index (χ2n) is 17.1. The van der Waals surface area contributed by atoms with Crippen LogP contribution < -0.4 is 47.7 Å². The Morgan fingerprint density at radius 3 is 1.93 bits per heavy atom. The number of aromatic nitrogens is 1. The number of rotatable bonds is 24. The van der Waals surface area contributed by atoms with Gasteiger partial charge < -0.3 is 62.5 Å². The molecular weight excluding hydrogens is 911 g/mol. The van der Waals surface area contributed by atoms with Crippen LogP contribution in [0.25, 0.3) is 10.9 Å². The van der Waals surface area contributed by atoms with Crippen LogP contribution in [0, 0.1) is 0 Å². The molecule has 0 bridgehead atoms. The Kier molecular flexibility index (Phi) is 20.5. The lowest BCUT2D eigenvalue weighted by molar-refractivity contribution is -0.141. The number of thiocarbonyl (C=S) groups is 1. The Morgan fingerprint density at radius 1 is 0.710 bits per heavy atom. The number of alkyl carbamates (subject to hydrolysis) is 1. The molecule has 0 aliphatic heterocycles. The number of hydrogen-bond acceptors (Lipinski definition) is 11. The molecule has 1 heterocycles. The molecule has 0 aliphatic rings. The van der Waals surface area contributed by atoms with E-state index in [0.717, 1.165) is 10.9 Å². The van der Waals surface area contributed by atoms with E-state index in [4.69, 9.17) is 27.4 Å². The molecule has 69 heavy (non-hydrogen) atoms. The molecule has 0 spiro atoms. The van der Waals surface area contributed by atoms with Gasteiger partial charge in [-0.15, -0.1) is 0 Å². The molecule has 0 saturated carbocycles. The smallest absolute Gasteiger partial charge is 0.408 e. The summed E-state index contributed by atoms with van der Waals surface area (Å²) in [5.41, 5.74) is 7.36. The zero-order valence-corrected chi connectivity index (χ0v) is 40.0. The fraction of sp³-hybridized carbons (Fsp3) is 0.396. The minimum atomic E-state index is -1.68. The summed E-state index contributed by atoms with van der Waals surface area (Å²) in [5, 5.41) is 28.6. The Labute approximate surface area is 405 Å². The van der Waals surface area contributed by atoms with Crippen LogP contribution in [0.5, 0.6) is 5.75 Å². The molecule has 5 atom stereocenters. The van der Waals surface area contributed by atoms with Crippen molar-refractivity contribution in [3.05, 3.63) is 102 Å². The maximum absolute atomic E-state index is 14.3. The van der Waals surface area contributed by atoms with Crippen molar-refractivity contribution in [2.45, 2.75) is 108 Å². The molecule has 4 aromatic rings. The Morgan fingerprint density at radius 2 is 1.29 bits per heavy atom. The van der Waals surface area contributed by atoms with E-state index < -0.39 is 96.3 Å². The van der Waals surface area contributed by atoms with Crippen molar-refractivity contribution < 1.29 is 52.9 Å². The number of carboxylic acids is 1. The number of carboxylic acid groups (broad SMARTS) is 1. The fourth-order valence-corrected chi connectivity index (χ4v) is 7.06. The molecule has 7 amide bonds. The van der Waals surface area contributed by atoms with Crippen LogP contribution in [0.3, 0.4) is 0 Å². The SMILES string of the molecule is CCCC[C@H](NC(=O)[C@H](Cc1c[nH]c2ccccc12)NC(=O)CNC(=O)[C@H](Cc1ccc(OC(=S)NC)cc1)NC(=O)OC(C)(C)C)C(=O)N[C@@H](CC(=O)O)C(=O)N[C@@H](Cc1ccccc1)C(N)=O. The van der Waals surface area contributed by atoms with Gasteiger partial charge in [-0.3, -0.25) is 33.6 Å². The molecule has 20 nitrogen and oxygen atoms in total. The Balaban J connectivity index is 1.53. The number of amides is 7. The standard InChI is InChI=1S/C48H61N9O11S/c1-6-7-16-34(43(63)56-38(25-40(59)60)45(65)55-35(41(49)61)22-28-13-9-8-10-14-28)54-44(64)37(24-30-26-51-33-17-12-11-15-32(30)33)53-39(58)27-52-42(62)36(57-46(66)68-48(2,3)4)23-29-18-20-31(21-19-29)67-47(69)50-5/h8-15,17-21,26,34-38,51H,6-7,16,22-25,27H2,1-5H3,(H2,49,61)(H,50,69)(H,52,62)(H,53,58)(H,54,64)(H,55,65)(H,56,63)(H,57,66)(H,59,60)/t34-,35-,36-,37-,38-/m0/s1. The first-order valence-electron chi connectivity index (χ1n) is 22.3. The molecule has 0 saturated heterocycles. The predicted molar refractivity (Wildman–Crippen MR) is 259 cm³/mol. The fourth-order valence-electron chi connectivity index (χ4n) is 6.96. The number of aromatic amines is 1. The molecule has 370 valence electrons. The van der Waals surface area contributed by atoms with Crippen molar-refractivity contribution in [2.75, 3.05) is 13.6 Å². The van der Waals surface area contributed by atoms with Crippen molar-refractivity contribution in [3.8, 4) is 5.75 Å². The first-order chi connectivity index (χ1) is 32.7. The second kappa shape index (κ2) is 26.1. The number of nitrogens with one attached hydrogen (secondary N) is 8. The number of carbonyl (C=O) groups is 8. The van der Waals surface area contributed by atoms with Gasteiger partial charge in [-0.05, 0) is 74.3 Å². The third kappa shape index (κ3) is 18.2. The zero-order chi connectivity index (χ0) is 50.7. The highest BCUT2D eigenvalue weighted by Crippen LogP contribution is 2.20. The molecule has 0 fully saturated rings. The molecule has 11 N–H and O–H groups in total. The highest BCUT2D eigenvalue weighted by atomic mass is 32.1. The molecular formula is C48H61N9O11S. The van der Waals surface area contributed by atoms with Crippen LogP contribution in [0.2, 0.25) is 0 Å². The van der Waals surface area contributed by atoms with Crippen LogP contribution in [0.1, 0.15) is 70.1 Å². The Bertz CT molecular complexity index is 2440. The van der Waals surface area contributed by atoms with E-state index in [1.54, 1.807) is 94.7 Å². The molecule has 1 aromatic heterocycles. The van der Waals surface area contributed by atoms with Gasteiger partial charge in [-0.2, -0.15) is 0 Å². The van der Waals surface area contributed by atoms with Gasteiger partial charge in [0.15, 0.2) is 0 Å². The predicted octanol–water partition coefficient (Wildman–Crippen LogP) is 2.18. The number of benzene rings is 3. The van der Waals surface area contributed by atoms with Gasteiger partial charge in [0.05, 0.1) is 13.0 Å². The van der Waals surface area contributed by atoms with Gasteiger partial charge in [-0.25, -0.2) is 4.79 Å². The molecule has 21 heteroatoms. The van der Waals surface area contributed by atoms with E-state index in [0.29, 0.717) is 35.3 Å². The van der Waals surface area contributed by atoms with Crippen LogP contribution in [0.15, 0.2) is 85.1 Å². The quantitative estimate of drug-likeness (QED) is 0.0451. The first kappa shape index (κ1) is 54.1. The lowest BCUT2D eigenvalue weighted by Crippen LogP contribution is -2.59. The topological polar surface area (TPSA) is 301 Å². The summed E-state index contributed by atoms with van der Waals surface area (Å²) in [6, 6.07) is 15.7. The summed E-state index contributed by atoms with van der Waals surface area (Å²) >= 11 is 5.05. The summed E-state index contributed by atoms with van der Waals surface area (Å²) in [6.45, 7) is 6.19. The third-order valence-corrected chi connectivity index (χ3v) is 10.7. The van der Waals surface area contributed by atoms with E-state index in [1.807, 2.05) is 25.1 Å². The number of H-pyrrole nitrogens is 1. The number of unbranched alkanes of at least 4 members (excludes halogenated alkanes) is 1. The van der Waals surface area contributed by atoms with Crippen molar-refractivity contribution in [1.29, 1.82) is 0 Å². The number of carbonyl (C=O) groups excluding carboxylic acids is 7. The lowest BCUT2D eigenvalue weighted by Gasteiger charge is -2.26. The van der Waals surface area contributed by atoms with E-state index >= 15 is 0 Å². The Hall–Kier alpha value is -7.55. The van der Waals surface area contributed by atoms with Crippen molar-refractivity contribution >= 4 is 75.8 Å². The van der Waals surface area contributed by atoms with Crippen molar-refractivity contribution in [3.63, 3.8) is 0 Å². The van der Waals surface area contributed by atoms with Gasteiger partial charge in [0, 0.05) is 43.4 Å². The average Bonchev–Trinajstić information content (AvgIpc) is 3.71. The summed E-state index contributed by atoms with van der Waals surface area (Å²) in [7, 11) is 1.61. The third-order valence-electron chi connectivity index (χ3n) is 10.4. The van der Waals surface area contributed by atoms with Crippen LogP contribution in [0.4, 0.5) is 4.79 Å². The normalized spacial score (nSPS) is 13.2. The number of nitrogens with two attached hydrogens (primary N) is 1. The number of fused-ring (bicyclic) bond motifs is 1. The summed E-state index contributed by atoms with van der Waals surface area (Å²) in [6.07, 6.45) is 0.884. The molecule has 3 aromatic carbocycles. The summed E-state index contributed by atoms with van der Waals surface area (Å²) < 4.78 is 10.9. The van der Waals surface area contributed by atoms with E-state index in [2.05, 4.69) is 42.2 Å². The molecule has 4 rings (SSSR count). The van der Waals surface area contributed by atoms with Gasteiger partial charge in [0.1, 0.15) is 41.6 Å². The van der Waals surface area contributed by atoms with Crippen LogP contribution >= 0.6 is 12.2 Å². The summed E-state index contributed by atoms with van der Waals surface area (Å²) in [4.78, 5) is 109. The van der Waals surface area contributed by atoms with Gasteiger partial charge in [0.25, 0.3) is 5.17 Å². The number of aliphatic carboxylic acids is 1.